The molecule has 1 aromatic heterocycles. The molecule has 1 N–H and O–H groups in total. The predicted molar refractivity (Wildman–Crippen MR) is 130 cm³/mol. The van der Waals surface area contributed by atoms with E-state index in [1.165, 1.54) is 0 Å². The Bertz CT molecular complexity index is 1150. The predicted octanol–water partition coefficient (Wildman–Crippen LogP) is 3.59. The number of imidazole rings is 1. The van der Waals surface area contributed by atoms with Crippen molar-refractivity contribution in [3.05, 3.63) is 53.9 Å². The normalized spacial score (nSPS) is 14.3. The zero-order chi connectivity index (χ0) is 24.1. The molecule has 0 radical (unpaired) electrons. The summed E-state index contributed by atoms with van der Waals surface area (Å²) in [7, 11) is 1.59. The number of hydrogen-bond donors (Lipinski definition) is 1. The van der Waals surface area contributed by atoms with Crippen molar-refractivity contribution >= 4 is 28.7 Å². The minimum Gasteiger partial charge on any atom is -0.497 e. The van der Waals surface area contributed by atoms with Crippen LogP contribution >= 0.6 is 0 Å². The topological polar surface area (TPSA) is 88.9 Å². The van der Waals surface area contributed by atoms with E-state index in [1.807, 2.05) is 25.1 Å². The van der Waals surface area contributed by atoms with Gasteiger partial charge in [0, 0.05) is 44.0 Å². The van der Waals surface area contributed by atoms with Crippen LogP contribution in [0, 0.1) is 0 Å². The van der Waals surface area contributed by atoms with Gasteiger partial charge in [-0.1, -0.05) is 0 Å². The van der Waals surface area contributed by atoms with Crippen molar-refractivity contribution in [2.45, 2.75) is 26.9 Å². The molecule has 0 aliphatic carbocycles. The van der Waals surface area contributed by atoms with E-state index in [1.54, 1.807) is 36.3 Å². The third-order valence-corrected chi connectivity index (χ3v) is 6.02. The number of aromatic nitrogens is 2. The Morgan fingerprint density at radius 2 is 1.76 bits per heavy atom. The van der Waals surface area contributed by atoms with E-state index in [-0.39, 0.29) is 12.0 Å². The quantitative estimate of drug-likeness (QED) is 0.574. The molecule has 3 aromatic rings. The van der Waals surface area contributed by atoms with Crippen LogP contribution in [0.15, 0.2) is 42.5 Å². The van der Waals surface area contributed by atoms with Crippen LogP contribution < -0.4 is 10.1 Å². The first-order valence-electron chi connectivity index (χ1n) is 11.6. The highest BCUT2D eigenvalue weighted by molar-refractivity contribution is 6.05. The van der Waals surface area contributed by atoms with Crippen LogP contribution in [0.25, 0.3) is 11.0 Å². The van der Waals surface area contributed by atoms with Crippen LogP contribution in [-0.4, -0.2) is 71.2 Å². The molecule has 2 aromatic carbocycles. The fraction of sp³-hybridized carbons (Fsp3) is 0.400. The van der Waals surface area contributed by atoms with Crippen molar-refractivity contribution in [2.24, 2.45) is 0 Å². The molecule has 1 aliphatic rings. The molecule has 0 spiro atoms. The SMILES string of the molecule is CCOC(=O)N1CCN(Cc2nc3cc(NC(=O)c4ccc(OC)cc4)ccc3n2CC)CC1. The number of nitrogens with zero attached hydrogens (tertiary/aromatic N) is 4. The third kappa shape index (κ3) is 5.14. The van der Waals surface area contributed by atoms with Gasteiger partial charge in [-0.05, 0) is 56.3 Å². The maximum atomic E-state index is 12.6. The van der Waals surface area contributed by atoms with Gasteiger partial charge < -0.3 is 24.3 Å². The van der Waals surface area contributed by atoms with Gasteiger partial charge in [0.15, 0.2) is 0 Å². The van der Waals surface area contributed by atoms with Gasteiger partial charge in [-0.2, -0.15) is 0 Å². The number of aryl methyl sites for hydroxylation is 1. The minimum absolute atomic E-state index is 0.184. The maximum absolute atomic E-state index is 12.6. The molecule has 1 saturated heterocycles. The monoisotopic (exact) mass is 465 g/mol. The van der Waals surface area contributed by atoms with Crippen molar-refractivity contribution in [1.82, 2.24) is 19.4 Å². The number of fused-ring (bicyclic) bond motifs is 1. The second kappa shape index (κ2) is 10.6. The molecule has 0 bridgehead atoms. The lowest BCUT2D eigenvalue weighted by molar-refractivity contribution is 0.0769. The Morgan fingerprint density at radius 3 is 2.41 bits per heavy atom. The van der Waals surface area contributed by atoms with E-state index in [9.17, 15) is 9.59 Å². The van der Waals surface area contributed by atoms with E-state index in [4.69, 9.17) is 14.5 Å². The smallest absolute Gasteiger partial charge is 0.409 e. The van der Waals surface area contributed by atoms with E-state index in [0.29, 0.717) is 43.2 Å². The Kier molecular flexibility index (Phi) is 7.32. The third-order valence-electron chi connectivity index (χ3n) is 6.02. The molecule has 34 heavy (non-hydrogen) atoms. The van der Waals surface area contributed by atoms with Gasteiger partial charge in [0.25, 0.3) is 5.91 Å². The number of carbonyl (C=O) groups excluding carboxylic acids is 2. The maximum Gasteiger partial charge on any atom is 0.409 e. The van der Waals surface area contributed by atoms with Crippen LogP contribution in [0.4, 0.5) is 10.5 Å². The van der Waals surface area contributed by atoms with E-state index in [2.05, 4.69) is 21.7 Å². The van der Waals surface area contributed by atoms with Crippen molar-refractivity contribution in [2.75, 3.05) is 45.2 Å². The number of hydrogen-bond acceptors (Lipinski definition) is 6. The Balaban J connectivity index is 1.45. The number of ether oxygens (including phenoxy) is 2. The zero-order valence-electron chi connectivity index (χ0n) is 19.9. The number of amides is 2. The summed E-state index contributed by atoms with van der Waals surface area (Å²) in [5.74, 6) is 1.50. The number of carbonyl (C=O) groups is 2. The van der Waals surface area contributed by atoms with Crippen molar-refractivity contribution in [3.8, 4) is 5.75 Å². The molecule has 9 heteroatoms. The highest BCUT2D eigenvalue weighted by Crippen LogP contribution is 2.23. The second-order valence-corrected chi connectivity index (χ2v) is 8.12. The highest BCUT2D eigenvalue weighted by atomic mass is 16.6. The number of piperazine rings is 1. The lowest BCUT2D eigenvalue weighted by Gasteiger charge is -2.33. The first kappa shape index (κ1) is 23.6. The van der Waals surface area contributed by atoms with Crippen LogP contribution in [0.5, 0.6) is 5.75 Å². The summed E-state index contributed by atoms with van der Waals surface area (Å²) in [6.07, 6.45) is -0.243. The molecule has 4 rings (SSSR count). The molecule has 9 nitrogen and oxygen atoms in total. The van der Waals surface area contributed by atoms with Gasteiger partial charge >= 0.3 is 6.09 Å². The van der Waals surface area contributed by atoms with Gasteiger partial charge in [0.2, 0.25) is 0 Å². The lowest BCUT2D eigenvalue weighted by Crippen LogP contribution is -2.48. The molecule has 180 valence electrons. The van der Waals surface area contributed by atoms with Crippen LogP contribution in [-0.2, 0) is 17.8 Å². The number of nitrogens with one attached hydrogen (secondary N) is 1. The second-order valence-electron chi connectivity index (χ2n) is 8.12. The lowest BCUT2D eigenvalue weighted by atomic mass is 10.2. The zero-order valence-corrected chi connectivity index (χ0v) is 19.9. The van der Waals surface area contributed by atoms with Crippen LogP contribution in [0.3, 0.4) is 0 Å². The van der Waals surface area contributed by atoms with Gasteiger partial charge in [-0.25, -0.2) is 9.78 Å². The first-order valence-corrected chi connectivity index (χ1v) is 11.6. The number of benzene rings is 2. The Hall–Kier alpha value is -3.59. The fourth-order valence-corrected chi connectivity index (χ4v) is 4.18. The molecule has 1 aliphatic heterocycles. The van der Waals surface area contributed by atoms with E-state index < -0.39 is 0 Å². The van der Waals surface area contributed by atoms with Gasteiger partial charge in [-0.15, -0.1) is 0 Å². The number of rotatable bonds is 7. The Morgan fingerprint density at radius 1 is 1.03 bits per heavy atom. The number of methoxy groups -OCH3 is 1. The largest absolute Gasteiger partial charge is 0.497 e. The summed E-state index contributed by atoms with van der Waals surface area (Å²) < 4.78 is 12.5. The molecule has 2 amide bonds. The molecule has 0 unspecified atom stereocenters. The van der Waals surface area contributed by atoms with E-state index >= 15 is 0 Å². The summed E-state index contributed by atoms with van der Waals surface area (Å²) in [5.41, 5.74) is 3.13. The fourth-order valence-electron chi connectivity index (χ4n) is 4.18. The molecular formula is C25H31N5O4. The average Bonchev–Trinajstić information content (AvgIpc) is 3.20. The molecule has 0 saturated carbocycles. The summed E-state index contributed by atoms with van der Waals surface area (Å²) >= 11 is 0. The highest BCUT2D eigenvalue weighted by Gasteiger charge is 2.23. The molecule has 2 heterocycles. The number of anilines is 1. The minimum atomic E-state index is -0.243. The van der Waals surface area contributed by atoms with Crippen molar-refractivity contribution in [1.29, 1.82) is 0 Å². The summed E-state index contributed by atoms with van der Waals surface area (Å²) in [6, 6.07) is 12.8. The van der Waals surface area contributed by atoms with Crippen LogP contribution in [0.1, 0.15) is 30.0 Å². The van der Waals surface area contributed by atoms with Crippen LogP contribution in [0.2, 0.25) is 0 Å². The summed E-state index contributed by atoms with van der Waals surface area (Å²) in [6.45, 7) is 8.65. The van der Waals surface area contributed by atoms with E-state index in [0.717, 1.165) is 36.5 Å². The Labute approximate surface area is 199 Å². The van der Waals surface area contributed by atoms with Crippen molar-refractivity contribution in [3.63, 3.8) is 0 Å². The molecule has 1 fully saturated rings. The van der Waals surface area contributed by atoms with Gasteiger partial charge in [-0.3, -0.25) is 9.69 Å². The first-order chi connectivity index (χ1) is 16.5. The molecular weight excluding hydrogens is 434 g/mol. The van der Waals surface area contributed by atoms with Crippen molar-refractivity contribution < 1.29 is 19.1 Å². The van der Waals surface area contributed by atoms with Gasteiger partial charge in [0.1, 0.15) is 11.6 Å². The summed E-state index contributed by atoms with van der Waals surface area (Å²) in [4.78, 5) is 33.5. The standard InChI is InChI=1S/C25H31N5O4/c1-4-30-22-11-8-19(26-24(31)18-6-9-20(33-3)10-7-18)16-21(22)27-23(30)17-28-12-14-29(15-13-28)25(32)34-5-2/h6-11,16H,4-5,12-15,17H2,1-3H3,(H,26,31). The average molecular weight is 466 g/mol. The summed E-state index contributed by atoms with van der Waals surface area (Å²) in [5, 5.41) is 2.95. The van der Waals surface area contributed by atoms with Gasteiger partial charge in [0.05, 0.1) is 31.3 Å². The molecule has 0 atom stereocenters.